The highest BCUT2D eigenvalue weighted by Crippen LogP contribution is 2.15. The zero-order chi connectivity index (χ0) is 23.5. The molecule has 0 radical (unpaired) electrons. The number of amides is 2. The second-order valence-corrected chi connectivity index (χ2v) is 7.65. The van der Waals surface area contributed by atoms with Crippen molar-refractivity contribution < 1.29 is 29.0 Å². The molecule has 0 unspecified atom stereocenters. The Morgan fingerprint density at radius 2 is 1.56 bits per heavy atom. The Bertz CT molecular complexity index is 957. The predicted molar refractivity (Wildman–Crippen MR) is 124 cm³/mol. The smallest absolute Gasteiger partial charge is 0.326 e. The first-order valence-corrected chi connectivity index (χ1v) is 11.1. The fraction of sp³-hybridized carbons (Fsp3) is 0.261. The van der Waals surface area contributed by atoms with E-state index in [1.807, 2.05) is 6.26 Å². The van der Waals surface area contributed by atoms with Gasteiger partial charge in [0.1, 0.15) is 23.2 Å². The summed E-state index contributed by atoms with van der Waals surface area (Å²) in [6.45, 7) is 0. The molecule has 2 aromatic rings. The van der Waals surface area contributed by atoms with Gasteiger partial charge in [0.05, 0.1) is 14.2 Å². The van der Waals surface area contributed by atoms with Gasteiger partial charge in [0, 0.05) is 5.56 Å². The Kier molecular flexibility index (Phi) is 9.62. The van der Waals surface area contributed by atoms with E-state index in [-0.39, 0.29) is 12.1 Å². The second kappa shape index (κ2) is 12.4. The molecule has 1 atom stereocenters. The van der Waals surface area contributed by atoms with Crippen LogP contribution in [-0.4, -0.2) is 55.2 Å². The molecule has 0 spiro atoms. The van der Waals surface area contributed by atoms with Crippen LogP contribution in [0.3, 0.4) is 0 Å². The first-order valence-electron chi connectivity index (χ1n) is 9.71. The Morgan fingerprint density at radius 3 is 2.06 bits per heavy atom. The highest BCUT2D eigenvalue weighted by Gasteiger charge is 2.23. The molecule has 0 heterocycles. The average molecular weight is 459 g/mol. The third-order valence-electron chi connectivity index (χ3n) is 4.49. The number of nitrogens with one attached hydrogen (secondary N) is 2. The summed E-state index contributed by atoms with van der Waals surface area (Å²) in [5.41, 5.74) is 0.866. The molecule has 0 aliphatic heterocycles. The normalized spacial score (nSPS) is 11.9. The molecule has 0 saturated carbocycles. The van der Waals surface area contributed by atoms with Crippen LogP contribution >= 0.6 is 11.8 Å². The number of hydrogen-bond donors (Lipinski definition) is 3. The second-order valence-electron chi connectivity index (χ2n) is 6.66. The molecule has 0 aliphatic rings. The average Bonchev–Trinajstić information content (AvgIpc) is 2.81. The van der Waals surface area contributed by atoms with Gasteiger partial charge in [0.25, 0.3) is 11.8 Å². The van der Waals surface area contributed by atoms with Crippen molar-refractivity contribution in [2.45, 2.75) is 12.5 Å². The Balaban J connectivity index is 2.29. The van der Waals surface area contributed by atoms with Crippen molar-refractivity contribution in [2.24, 2.45) is 0 Å². The third-order valence-corrected chi connectivity index (χ3v) is 5.13. The molecule has 0 fully saturated rings. The molecule has 2 rings (SSSR count). The fourth-order valence-corrected chi connectivity index (χ4v) is 3.16. The molecule has 8 nitrogen and oxygen atoms in total. The minimum atomic E-state index is -1.14. The standard InChI is InChI=1S/C23H26N2O6S/c1-30-17-8-4-15(5-9-17)14-20(22(27)24-19(23(28)29)12-13-32-3)25-21(26)16-6-10-18(31-2)11-7-16/h4-11,14,19H,12-13H2,1-3H3,(H,24,27)(H,25,26)(H,28,29)/b20-14-/t19-/m1/s1. The van der Waals surface area contributed by atoms with E-state index in [0.29, 0.717) is 28.4 Å². The lowest BCUT2D eigenvalue weighted by atomic mass is 10.1. The summed E-state index contributed by atoms with van der Waals surface area (Å²) < 4.78 is 10.2. The monoisotopic (exact) mass is 458 g/mol. The van der Waals surface area contributed by atoms with Crippen molar-refractivity contribution >= 4 is 35.6 Å². The lowest BCUT2D eigenvalue weighted by Gasteiger charge is -2.16. The summed E-state index contributed by atoms with van der Waals surface area (Å²) in [4.78, 5) is 37.2. The number of carbonyl (C=O) groups excluding carboxylic acids is 2. The highest BCUT2D eigenvalue weighted by atomic mass is 32.2. The number of hydrogen-bond acceptors (Lipinski definition) is 6. The Hall–Kier alpha value is -3.46. The predicted octanol–water partition coefficient (Wildman–Crippen LogP) is 2.80. The zero-order valence-corrected chi connectivity index (χ0v) is 18.9. The van der Waals surface area contributed by atoms with E-state index in [9.17, 15) is 19.5 Å². The summed E-state index contributed by atoms with van der Waals surface area (Å²) in [7, 11) is 3.06. The van der Waals surface area contributed by atoms with Crippen LogP contribution in [0.15, 0.2) is 54.2 Å². The summed E-state index contributed by atoms with van der Waals surface area (Å²) >= 11 is 1.48. The van der Waals surface area contributed by atoms with Crippen molar-refractivity contribution in [3.8, 4) is 11.5 Å². The molecule has 3 N–H and O–H groups in total. The minimum Gasteiger partial charge on any atom is -0.497 e. The topological polar surface area (TPSA) is 114 Å². The highest BCUT2D eigenvalue weighted by molar-refractivity contribution is 7.98. The molecular formula is C23H26N2O6S. The molecule has 32 heavy (non-hydrogen) atoms. The molecule has 170 valence electrons. The lowest BCUT2D eigenvalue weighted by Crippen LogP contribution is -2.44. The summed E-state index contributed by atoms with van der Waals surface area (Å²) in [6.07, 6.45) is 3.58. The van der Waals surface area contributed by atoms with Gasteiger partial charge in [-0.25, -0.2) is 4.79 Å². The van der Waals surface area contributed by atoms with Gasteiger partial charge in [-0.3, -0.25) is 9.59 Å². The Morgan fingerprint density at radius 1 is 1.00 bits per heavy atom. The van der Waals surface area contributed by atoms with Gasteiger partial charge >= 0.3 is 5.97 Å². The van der Waals surface area contributed by atoms with Gasteiger partial charge in [-0.1, -0.05) is 12.1 Å². The van der Waals surface area contributed by atoms with Gasteiger partial charge in [-0.15, -0.1) is 0 Å². The molecule has 0 aliphatic carbocycles. The van der Waals surface area contributed by atoms with Gasteiger partial charge in [-0.2, -0.15) is 11.8 Å². The molecule has 0 bridgehead atoms. The summed E-state index contributed by atoms with van der Waals surface area (Å²) in [6, 6.07) is 12.2. The molecular weight excluding hydrogens is 432 g/mol. The fourth-order valence-electron chi connectivity index (χ4n) is 2.69. The largest absolute Gasteiger partial charge is 0.497 e. The van der Waals surface area contributed by atoms with Gasteiger partial charge in [0.15, 0.2) is 0 Å². The van der Waals surface area contributed by atoms with Crippen LogP contribution in [0, 0.1) is 0 Å². The Labute approximate surface area is 191 Å². The SMILES string of the molecule is COc1ccc(/C=C(\NC(=O)c2ccc(OC)cc2)C(=O)N[C@H](CCSC)C(=O)O)cc1. The van der Waals surface area contributed by atoms with E-state index < -0.39 is 23.8 Å². The van der Waals surface area contributed by atoms with Crippen molar-refractivity contribution in [3.05, 3.63) is 65.4 Å². The number of methoxy groups -OCH3 is 2. The number of benzene rings is 2. The van der Waals surface area contributed by atoms with Crippen molar-refractivity contribution in [1.82, 2.24) is 10.6 Å². The first kappa shape index (κ1) is 24.8. The van der Waals surface area contributed by atoms with Gasteiger partial charge in [0.2, 0.25) is 0 Å². The zero-order valence-electron chi connectivity index (χ0n) is 18.1. The van der Waals surface area contributed by atoms with Crippen LogP contribution in [0.5, 0.6) is 11.5 Å². The number of ether oxygens (including phenoxy) is 2. The number of rotatable bonds is 11. The van der Waals surface area contributed by atoms with E-state index in [4.69, 9.17) is 9.47 Å². The van der Waals surface area contributed by atoms with E-state index in [0.717, 1.165) is 0 Å². The number of carboxylic acid groups (broad SMARTS) is 1. The first-order chi connectivity index (χ1) is 15.4. The van der Waals surface area contributed by atoms with Crippen molar-refractivity contribution in [2.75, 3.05) is 26.2 Å². The quantitative estimate of drug-likeness (QED) is 0.444. The number of carboxylic acids is 1. The third kappa shape index (κ3) is 7.35. The van der Waals surface area contributed by atoms with E-state index in [1.165, 1.54) is 24.9 Å². The molecule has 9 heteroatoms. The number of aliphatic carboxylic acids is 1. The molecule has 0 saturated heterocycles. The van der Waals surface area contributed by atoms with Gasteiger partial charge in [-0.05, 0) is 66.5 Å². The van der Waals surface area contributed by atoms with E-state index in [2.05, 4.69) is 10.6 Å². The van der Waals surface area contributed by atoms with E-state index >= 15 is 0 Å². The molecule has 2 aromatic carbocycles. The van der Waals surface area contributed by atoms with Crippen LogP contribution in [0.4, 0.5) is 0 Å². The lowest BCUT2D eigenvalue weighted by molar-refractivity contribution is -0.141. The molecule has 0 aromatic heterocycles. The van der Waals surface area contributed by atoms with Crippen LogP contribution in [0.25, 0.3) is 6.08 Å². The van der Waals surface area contributed by atoms with Crippen LogP contribution in [0.2, 0.25) is 0 Å². The van der Waals surface area contributed by atoms with Crippen molar-refractivity contribution in [1.29, 1.82) is 0 Å². The van der Waals surface area contributed by atoms with Crippen LogP contribution in [0.1, 0.15) is 22.3 Å². The maximum atomic E-state index is 12.9. The number of carbonyl (C=O) groups is 3. The maximum Gasteiger partial charge on any atom is 0.326 e. The number of thioether (sulfide) groups is 1. The minimum absolute atomic E-state index is 0.0774. The summed E-state index contributed by atoms with van der Waals surface area (Å²) in [5.74, 6) is -0.565. The summed E-state index contributed by atoms with van der Waals surface area (Å²) in [5, 5.41) is 14.5. The molecule has 2 amide bonds. The van der Waals surface area contributed by atoms with Crippen molar-refractivity contribution in [3.63, 3.8) is 0 Å². The maximum absolute atomic E-state index is 12.9. The van der Waals surface area contributed by atoms with Crippen LogP contribution in [-0.2, 0) is 9.59 Å². The van der Waals surface area contributed by atoms with E-state index in [1.54, 1.807) is 55.6 Å². The van der Waals surface area contributed by atoms with Gasteiger partial charge < -0.3 is 25.2 Å². The van der Waals surface area contributed by atoms with Crippen LogP contribution < -0.4 is 20.1 Å².